The summed E-state index contributed by atoms with van der Waals surface area (Å²) in [6.45, 7) is 4.60. The quantitative estimate of drug-likeness (QED) is 0.701. The molecule has 3 nitrogen and oxygen atoms in total. The van der Waals surface area contributed by atoms with E-state index in [2.05, 4.69) is 100 Å². The van der Waals surface area contributed by atoms with Gasteiger partial charge in [-0.1, -0.05) is 38.1 Å². The van der Waals surface area contributed by atoms with Crippen molar-refractivity contribution in [1.29, 1.82) is 0 Å². The molecule has 2 aromatic rings. The minimum Gasteiger partial charge on any atom is -0.378 e. The lowest BCUT2D eigenvalue weighted by atomic mass is 9.65. The number of hydrogen-bond donors (Lipinski definition) is 0. The summed E-state index contributed by atoms with van der Waals surface area (Å²) in [5.74, 6) is 0.566. The summed E-state index contributed by atoms with van der Waals surface area (Å²) in [6.07, 6.45) is 2.63. The van der Waals surface area contributed by atoms with Gasteiger partial charge < -0.3 is 9.80 Å². The fourth-order valence-corrected chi connectivity index (χ4v) is 4.38. The maximum atomic E-state index is 13.0. The molecule has 28 heavy (non-hydrogen) atoms. The molecule has 2 aromatic carbocycles. The molecule has 0 unspecified atom stereocenters. The minimum atomic E-state index is 0.0409. The molecule has 0 aromatic heterocycles. The average molecular weight is 379 g/mol. The molecule has 1 atom stereocenters. The zero-order valence-corrected chi connectivity index (χ0v) is 18.2. The Labute approximate surface area is 170 Å². The van der Waals surface area contributed by atoms with Gasteiger partial charge in [0.15, 0.2) is 0 Å². The van der Waals surface area contributed by atoms with Gasteiger partial charge in [-0.2, -0.15) is 0 Å². The van der Waals surface area contributed by atoms with Crippen molar-refractivity contribution in [3.05, 3.63) is 59.7 Å². The fraction of sp³-hybridized carbons (Fsp3) is 0.480. The Bertz CT molecular complexity index is 752. The molecule has 0 saturated heterocycles. The molecule has 0 amide bonds. The van der Waals surface area contributed by atoms with E-state index in [0.29, 0.717) is 12.2 Å². The molecule has 0 spiro atoms. The van der Waals surface area contributed by atoms with Crippen molar-refractivity contribution in [3.8, 4) is 0 Å². The molecule has 1 saturated carbocycles. The van der Waals surface area contributed by atoms with Gasteiger partial charge in [0.1, 0.15) is 5.78 Å². The molecule has 0 aliphatic heterocycles. The van der Waals surface area contributed by atoms with E-state index in [9.17, 15) is 4.79 Å². The topological polar surface area (TPSA) is 23.6 Å². The number of carbonyl (C=O) groups is 1. The van der Waals surface area contributed by atoms with Gasteiger partial charge in [-0.25, -0.2) is 0 Å². The molecule has 0 heterocycles. The zero-order chi connectivity index (χ0) is 20.5. The summed E-state index contributed by atoms with van der Waals surface area (Å²) in [5, 5.41) is 0. The first-order valence-corrected chi connectivity index (χ1v) is 10.3. The summed E-state index contributed by atoms with van der Waals surface area (Å²) in [5.41, 5.74) is 5.05. The Kier molecular flexibility index (Phi) is 5.83. The van der Waals surface area contributed by atoms with Crippen molar-refractivity contribution in [2.75, 3.05) is 38.0 Å². The number of hydrogen-bond acceptors (Lipinski definition) is 3. The van der Waals surface area contributed by atoms with E-state index >= 15 is 0 Å². The largest absolute Gasteiger partial charge is 0.378 e. The molecule has 1 aliphatic carbocycles. The Morgan fingerprint density at radius 1 is 0.821 bits per heavy atom. The number of benzene rings is 2. The highest BCUT2D eigenvalue weighted by atomic mass is 16.1. The molecule has 150 valence electrons. The summed E-state index contributed by atoms with van der Waals surface area (Å²) < 4.78 is 0. The van der Waals surface area contributed by atoms with Gasteiger partial charge in [0.2, 0.25) is 0 Å². The normalized spacial score (nSPS) is 19.0. The zero-order valence-electron chi connectivity index (χ0n) is 18.2. The first-order chi connectivity index (χ1) is 13.2. The van der Waals surface area contributed by atoms with Gasteiger partial charge in [-0.3, -0.25) is 4.79 Å². The molecule has 3 heteroatoms. The molecule has 0 bridgehead atoms. The van der Waals surface area contributed by atoms with Crippen LogP contribution in [0.4, 0.5) is 11.4 Å². The van der Waals surface area contributed by atoms with Gasteiger partial charge in [-0.05, 0) is 53.6 Å². The highest BCUT2D eigenvalue weighted by Crippen LogP contribution is 2.45. The van der Waals surface area contributed by atoms with E-state index in [0.717, 1.165) is 12.8 Å². The van der Waals surface area contributed by atoms with Crippen molar-refractivity contribution in [2.24, 2.45) is 11.3 Å². The molecular formula is C25H34N2O. The summed E-state index contributed by atoms with van der Waals surface area (Å²) in [4.78, 5) is 17.2. The number of carbonyl (C=O) groups excluding carboxylic acids is 1. The molecule has 3 rings (SSSR count). The maximum absolute atomic E-state index is 13.0. The standard InChI is InChI=1S/C25H34N2O/c1-25(2)16-15-23(28)22(17-25)24(18-7-11-20(12-8-18)26(3)4)19-9-13-21(14-10-19)27(5)6/h7-14,22,24H,15-17H2,1-6H3/t22-/m1/s1. The first-order valence-electron chi connectivity index (χ1n) is 10.3. The number of anilines is 2. The lowest BCUT2D eigenvalue weighted by Gasteiger charge is -2.38. The van der Waals surface area contributed by atoms with E-state index in [1.54, 1.807) is 0 Å². The minimum absolute atomic E-state index is 0.0409. The van der Waals surface area contributed by atoms with E-state index in [1.807, 2.05) is 0 Å². The van der Waals surface area contributed by atoms with Crippen LogP contribution in [-0.4, -0.2) is 34.0 Å². The summed E-state index contributed by atoms with van der Waals surface area (Å²) in [7, 11) is 8.22. The van der Waals surface area contributed by atoms with Crippen molar-refractivity contribution >= 4 is 17.2 Å². The predicted molar refractivity (Wildman–Crippen MR) is 120 cm³/mol. The van der Waals surface area contributed by atoms with Crippen LogP contribution in [0.25, 0.3) is 0 Å². The molecular weight excluding hydrogens is 344 g/mol. The fourth-order valence-electron chi connectivity index (χ4n) is 4.38. The van der Waals surface area contributed by atoms with Crippen molar-refractivity contribution in [1.82, 2.24) is 0 Å². The van der Waals surface area contributed by atoms with E-state index in [4.69, 9.17) is 0 Å². The second kappa shape index (κ2) is 7.98. The van der Waals surface area contributed by atoms with Gasteiger partial charge in [0, 0.05) is 57.8 Å². The van der Waals surface area contributed by atoms with Crippen LogP contribution in [0.5, 0.6) is 0 Å². The van der Waals surface area contributed by atoms with Crippen molar-refractivity contribution in [2.45, 2.75) is 39.0 Å². The highest BCUT2D eigenvalue weighted by molar-refractivity contribution is 5.83. The van der Waals surface area contributed by atoms with Crippen LogP contribution in [0.3, 0.4) is 0 Å². The highest BCUT2D eigenvalue weighted by Gasteiger charge is 2.39. The molecule has 0 N–H and O–H groups in total. The van der Waals surface area contributed by atoms with Crippen molar-refractivity contribution < 1.29 is 4.79 Å². The smallest absolute Gasteiger partial charge is 0.136 e. The number of nitrogens with zero attached hydrogens (tertiary/aromatic N) is 2. The van der Waals surface area contributed by atoms with Crippen LogP contribution >= 0.6 is 0 Å². The Balaban J connectivity index is 2.03. The van der Waals surface area contributed by atoms with E-state index in [-0.39, 0.29) is 17.3 Å². The van der Waals surface area contributed by atoms with Gasteiger partial charge in [0.25, 0.3) is 0 Å². The third kappa shape index (κ3) is 4.40. The Morgan fingerprint density at radius 3 is 1.64 bits per heavy atom. The summed E-state index contributed by atoms with van der Waals surface area (Å²) in [6, 6.07) is 17.5. The molecule has 1 aliphatic rings. The predicted octanol–water partition coefficient (Wildman–Crippen LogP) is 5.35. The van der Waals surface area contributed by atoms with E-state index in [1.165, 1.54) is 22.5 Å². The van der Waals surface area contributed by atoms with Crippen LogP contribution in [0.15, 0.2) is 48.5 Å². The van der Waals surface area contributed by atoms with E-state index < -0.39 is 0 Å². The second-order valence-electron chi connectivity index (χ2n) is 9.39. The van der Waals surface area contributed by atoms with Gasteiger partial charge in [-0.15, -0.1) is 0 Å². The van der Waals surface area contributed by atoms with Crippen molar-refractivity contribution in [3.63, 3.8) is 0 Å². The second-order valence-corrected chi connectivity index (χ2v) is 9.39. The Hall–Kier alpha value is -2.29. The van der Waals surface area contributed by atoms with Crippen LogP contribution < -0.4 is 9.80 Å². The lowest BCUT2D eigenvalue weighted by Crippen LogP contribution is -2.34. The number of rotatable bonds is 5. The first kappa shape index (κ1) is 20.4. The SMILES string of the molecule is CN(C)c1ccc(C(c2ccc(N(C)C)cc2)[C@@H]2CC(C)(C)CCC2=O)cc1. The average Bonchev–Trinajstić information content (AvgIpc) is 2.65. The monoisotopic (exact) mass is 378 g/mol. The number of ketones is 1. The molecule has 1 fully saturated rings. The van der Waals surface area contributed by atoms with Gasteiger partial charge in [0.05, 0.1) is 0 Å². The number of Topliss-reactive ketones (excluding diaryl/α,β-unsaturated/α-hetero) is 1. The van der Waals surface area contributed by atoms with Crippen LogP contribution in [-0.2, 0) is 4.79 Å². The van der Waals surface area contributed by atoms with Crippen LogP contribution in [0.2, 0.25) is 0 Å². The summed E-state index contributed by atoms with van der Waals surface area (Å²) >= 11 is 0. The maximum Gasteiger partial charge on any atom is 0.136 e. The van der Waals surface area contributed by atoms with Crippen LogP contribution in [0, 0.1) is 11.3 Å². The third-order valence-electron chi connectivity index (χ3n) is 6.17. The van der Waals surface area contributed by atoms with Gasteiger partial charge >= 0.3 is 0 Å². The lowest BCUT2D eigenvalue weighted by molar-refractivity contribution is -0.127. The third-order valence-corrected chi connectivity index (χ3v) is 6.17. The Morgan fingerprint density at radius 2 is 1.25 bits per heavy atom. The molecule has 0 radical (unpaired) electrons. The van der Waals surface area contributed by atoms with Crippen LogP contribution in [0.1, 0.15) is 50.2 Å².